The highest BCUT2D eigenvalue weighted by Crippen LogP contribution is 2.53. The molecule has 0 saturated heterocycles. The normalized spacial score (nSPS) is 29.1. The van der Waals surface area contributed by atoms with Crippen molar-refractivity contribution < 1.29 is 34.8 Å². The van der Waals surface area contributed by atoms with Crippen molar-refractivity contribution in [1.82, 2.24) is 4.90 Å². The molecule has 33 heavy (non-hydrogen) atoms. The van der Waals surface area contributed by atoms with Crippen LogP contribution < -0.4 is 10.6 Å². The molecule has 0 aliphatic heterocycles. The smallest absolute Gasteiger partial charge is 0.255 e. The Morgan fingerprint density at radius 3 is 2.30 bits per heavy atom. The first-order valence-electron chi connectivity index (χ1n) is 10.5. The number of phenols is 1. The summed E-state index contributed by atoms with van der Waals surface area (Å²) < 4.78 is 0. The number of likely N-dealkylation sites (N-methyl/N-ethyl adjacent to an activating group) is 1. The van der Waals surface area contributed by atoms with Gasteiger partial charge in [-0.05, 0) is 50.6 Å². The average molecular weight is 457 g/mol. The molecule has 4 atom stereocenters. The van der Waals surface area contributed by atoms with Gasteiger partial charge in [0.15, 0.2) is 11.4 Å². The summed E-state index contributed by atoms with van der Waals surface area (Å²) in [4.78, 5) is 42.0. The van der Waals surface area contributed by atoms with E-state index in [1.807, 2.05) is 19.0 Å². The van der Waals surface area contributed by atoms with E-state index in [0.717, 1.165) is 5.69 Å². The first-order chi connectivity index (χ1) is 15.3. The van der Waals surface area contributed by atoms with Crippen LogP contribution in [-0.2, 0) is 20.8 Å². The number of nitrogens with zero attached hydrogens (tertiary/aromatic N) is 2. The molecule has 10 nitrogen and oxygen atoms in total. The van der Waals surface area contributed by atoms with E-state index in [4.69, 9.17) is 5.73 Å². The molecule has 3 aliphatic rings. The number of aliphatic hydroxyl groups is 3. The molecule has 3 aliphatic carbocycles. The fourth-order valence-corrected chi connectivity index (χ4v) is 5.65. The van der Waals surface area contributed by atoms with E-state index in [1.165, 1.54) is 11.0 Å². The van der Waals surface area contributed by atoms with Gasteiger partial charge in [0.2, 0.25) is 5.78 Å². The molecule has 1 saturated carbocycles. The number of phenolic OH excluding ortho intramolecular Hbond substituents is 1. The zero-order valence-corrected chi connectivity index (χ0v) is 18.8. The number of rotatable bonds is 3. The minimum Gasteiger partial charge on any atom is -0.508 e. The Hall–Kier alpha value is -3.37. The lowest BCUT2D eigenvalue weighted by atomic mass is 9.57. The molecule has 1 aromatic rings. The molecule has 10 heteroatoms. The highest BCUT2D eigenvalue weighted by Gasteiger charge is 2.64. The van der Waals surface area contributed by atoms with Gasteiger partial charge in [-0.25, -0.2) is 0 Å². The summed E-state index contributed by atoms with van der Waals surface area (Å²) in [6, 6.07) is 2.01. The zero-order chi connectivity index (χ0) is 24.6. The summed E-state index contributed by atoms with van der Waals surface area (Å²) in [7, 11) is 6.75. The topological polar surface area (TPSA) is 165 Å². The summed E-state index contributed by atoms with van der Waals surface area (Å²) in [6.45, 7) is 0. The monoisotopic (exact) mass is 457 g/mol. The van der Waals surface area contributed by atoms with Crippen molar-refractivity contribution in [2.45, 2.75) is 24.5 Å². The van der Waals surface area contributed by atoms with Gasteiger partial charge in [0.25, 0.3) is 5.91 Å². The van der Waals surface area contributed by atoms with Gasteiger partial charge in [-0.15, -0.1) is 0 Å². The Bertz CT molecular complexity index is 1170. The fraction of sp³-hybridized carbons (Fsp3) is 0.435. The third-order valence-electron chi connectivity index (χ3n) is 7.06. The van der Waals surface area contributed by atoms with Crippen molar-refractivity contribution in [3.05, 3.63) is 40.2 Å². The van der Waals surface area contributed by atoms with Crippen LogP contribution in [0.2, 0.25) is 0 Å². The lowest BCUT2D eigenvalue weighted by Crippen LogP contribution is -2.65. The lowest BCUT2D eigenvalue weighted by molar-refractivity contribution is -0.153. The number of aromatic hydroxyl groups is 1. The second kappa shape index (κ2) is 7.32. The summed E-state index contributed by atoms with van der Waals surface area (Å²) in [5.74, 6) is -6.54. The number of ketones is 2. The Morgan fingerprint density at radius 2 is 1.76 bits per heavy atom. The van der Waals surface area contributed by atoms with Crippen LogP contribution in [0.25, 0.3) is 5.76 Å². The van der Waals surface area contributed by atoms with E-state index < -0.39 is 58.0 Å². The Kier molecular flexibility index (Phi) is 5.06. The maximum absolute atomic E-state index is 13.7. The van der Waals surface area contributed by atoms with E-state index in [-0.39, 0.29) is 29.7 Å². The quantitative estimate of drug-likeness (QED) is 0.394. The van der Waals surface area contributed by atoms with E-state index in [9.17, 15) is 34.8 Å². The van der Waals surface area contributed by atoms with Crippen LogP contribution in [0, 0.1) is 11.8 Å². The first kappa shape index (κ1) is 22.8. The van der Waals surface area contributed by atoms with E-state index in [2.05, 4.69) is 0 Å². The molecule has 0 aromatic heterocycles. The number of Topliss-reactive ketones (excluding diaryl/α,β-unsaturated/α-hetero) is 2. The third-order valence-corrected chi connectivity index (χ3v) is 7.06. The van der Waals surface area contributed by atoms with Crippen molar-refractivity contribution >= 4 is 28.9 Å². The number of nitrogens with two attached hydrogens (primary N) is 1. The van der Waals surface area contributed by atoms with Crippen LogP contribution in [0.15, 0.2) is 29.0 Å². The standard InChI is InChI=1S/C23H27N3O7/c1-25(2)12-5-6-13(27)15-10(12)7-9-8-11-17(26(3)4)19(29)16(22(24)32)21(31)23(11,33)20(30)14(9)18(15)28/h5-6,9,11,17,27-28,31,33H,7-8H2,1-4H3,(H2,24,32)/t9-,11-,17-,23+/m1/s1. The second-order valence-electron chi connectivity index (χ2n) is 9.31. The molecular formula is C23H27N3O7. The summed E-state index contributed by atoms with van der Waals surface area (Å²) in [5, 5.41) is 43.9. The van der Waals surface area contributed by atoms with Gasteiger partial charge in [-0.3, -0.25) is 19.3 Å². The third kappa shape index (κ3) is 2.90. The summed E-state index contributed by atoms with van der Waals surface area (Å²) >= 11 is 0. The van der Waals surface area contributed by atoms with Gasteiger partial charge in [-0.2, -0.15) is 0 Å². The van der Waals surface area contributed by atoms with Crippen molar-refractivity contribution in [3.63, 3.8) is 0 Å². The summed E-state index contributed by atoms with van der Waals surface area (Å²) in [6.07, 6.45) is 0.324. The minimum absolute atomic E-state index is 0.0638. The van der Waals surface area contributed by atoms with Crippen LogP contribution in [0.3, 0.4) is 0 Å². The fourth-order valence-electron chi connectivity index (χ4n) is 5.65. The Labute approximate surface area is 190 Å². The van der Waals surface area contributed by atoms with E-state index >= 15 is 0 Å². The Morgan fingerprint density at radius 1 is 1.12 bits per heavy atom. The van der Waals surface area contributed by atoms with Crippen LogP contribution in [0.5, 0.6) is 5.75 Å². The highest BCUT2D eigenvalue weighted by molar-refractivity contribution is 6.24. The van der Waals surface area contributed by atoms with Crippen LogP contribution in [-0.4, -0.2) is 82.6 Å². The predicted octanol–water partition coefficient (Wildman–Crippen LogP) is 0.0300. The van der Waals surface area contributed by atoms with Crippen LogP contribution in [0.1, 0.15) is 17.5 Å². The molecule has 4 rings (SSSR count). The maximum atomic E-state index is 13.7. The maximum Gasteiger partial charge on any atom is 0.255 e. The van der Waals surface area contributed by atoms with Gasteiger partial charge < -0.3 is 31.1 Å². The molecule has 0 bridgehead atoms. The van der Waals surface area contributed by atoms with Crippen LogP contribution >= 0.6 is 0 Å². The van der Waals surface area contributed by atoms with Crippen molar-refractivity contribution in [3.8, 4) is 5.75 Å². The molecule has 1 aromatic carbocycles. The molecule has 0 heterocycles. The van der Waals surface area contributed by atoms with Gasteiger partial charge in [0, 0.05) is 31.3 Å². The second-order valence-corrected chi connectivity index (χ2v) is 9.31. The number of anilines is 1. The number of primary amides is 1. The first-order valence-corrected chi connectivity index (χ1v) is 10.5. The summed E-state index contributed by atoms with van der Waals surface area (Å²) in [5.41, 5.74) is 3.15. The highest BCUT2D eigenvalue weighted by atomic mass is 16.3. The average Bonchev–Trinajstić information content (AvgIpc) is 2.70. The van der Waals surface area contributed by atoms with Crippen molar-refractivity contribution in [2.75, 3.05) is 33.1 Å². The molecule has 0 unspecified atom stereocenters. The van der Waals surface area contributed by atoms with Crippen molar-refractivity contribution in [2.24, 2.45) is 17.6 Å². The lowest BCUT2D eigenvalue weighted by Gasteiger charge is -2.50. The molecule has 176 valence electrons. The van der Waals surface area contributed by atoms with E-state index in [0.29, 0.717) is 5.56 Å². The molecule has 0 spiro atoms. The van der Waals surface area contributed by atoms with Gasteiger partial charge in [0.05, 0.1) is 11.6 Å². The predicted molar refractivity (Wildman–Crippen MR) is 119 cm³/mol. The molecule has 1 amide bonds. The number of amides is 1. The molecular weight excluding hydrogens is 430 g/mol. The SMILES string of the molecule is CN(C)c1ccc(O)c2c1C[C@@H]1C[C@@H]3[C@@H](N(C)C)C(=O)C(C(N)=O)=C(O)[C@@]3(O)C(=O)C1=C2O. The number of fused-ring (bicyclic) bond motifs is 3. The minimum atomic E-state index is -2.63. The number of benzene rings is 1. The number of hydrogen-bond acceptors (Lipinski definition) is 9. The number of carbonyl (C=O) groups is 3. The molecule has 1 fully saturated rings. The number of hydrogen-bond donors (Lipinski definition) is 5. The van der Waals surface area contributed by atoms with Gasteiger partial charge >= 0.3 is 0 Å². The van der Waals surface area contributed by atoms with E-state index in [1.54, 1.807) is 20.2 Å². The number of carbonyl (C=O) groups excluding carboxylic acids is 3. The Balaban J connectivity index is 1.99. The van der Waals surface area contributed by atoms with Crippen molar-refractivity contribution in [1.29, 1.82) is 0 Å². The molecule has 6 N–H and O–H groups in total. The zero-order valence-electron chi connectivity index (χ0n) is 18.8. The number of aliphatic hydroxyl groups excluding tert-OH is 2. The van der Waals surface area contributed by atoms with Gasteiger partial charge in [0.1, 0.15) is 22.8 Å². The van der Waals surface area contributed by atoms with Gasteiger partial charge in [-0.1, -0.05) is 0 Å². The largest absolute Gasteiger partial charge is 0.508 e. The molecule has 0 radical (unpaired) electrons. The van der Waals surface area contributed by atoms with Crippen LogP contribution in [0.4, 0.5) is 5.69 Å².